The molecule has 4 heteroatoms. The highest BCUT2D eigenvalue weighted by Gasteiger charge is 2.21. The molecule has 0 N–H and O–H groups in total. The van der Waals surface area contributed by atoms with Gasteiger partial charge in [0.2, 0.25) is 0 Å². The van der Waals surface area contributed by atoms with Gasteiger partial charge in [-0.15, -0.1) is 0 Å². The molecule has 154 valence electrons. The van der Waals surface area contributed by atoms with Crippen molar-refractivity contribution in [3.63, 3.8) is 0 Å². The van der Waals surface area contributed by atoms with Gasteiger partial charge in [-0.05, 0) is 53.4 Å². The van der Waals surface area contributed by atoms with Gasteiger partial charge in [-0.1, -0.05) is 80.1 Å². The molecule has 0 aromatic heterocycles. The fourth-order valence-corrected chi connectivity index (χ4v) is 3.06. The monoisotopic (exact) mass is 420 g/mol. The Morgan fingerprint density at radius 1 is 0.933 bits per heavy atom. The van der Waals surface area contributed by atoms with Crippen molar-refractivity contribution in [1.82, 2.24) is 0 Å². The van der Waals surface area contributed by atoms with Crippen molar-refractivity contribution in [1.29, 1.82) is 0 Å². The van der Waals surface area contributed by atoms with Gasteiger partial charge in [-0.2, -0.15) is 0 Å². The Morgan fingerprint density at radius 3 is 2.33 bits per heavy atom. The van der Waals surface area contributed by atoms with Crippen LogP contribution in [0, 0.1) is 11.8 Å². The highest BCUT2D eigenvalue weighted by molar-refractivity contribution is 6.30. The van der Waals surface area contributed by atoms with Crippen LogP contribution in [0.2, 0.25) is 5.02 Å². The lowest BCUT2D eigenvalue weighted by Gasteiger charge is -2.16. The third kappa shape index (κ3) is 6.50. The molecular formula is C26H25ClO3. The molecule has 0 radical (unpaired) electrons. The normalized spacial score (nSPS) is 12.1. The SMILES string of the molecule is CC(C)C(/C=C/c1ccc(Cl)cc1)C(=O)OCc1cccc(Oc2ccccc2)c1. The van der Waals surface area contributed by atoms with Crippen molar-refractivity contribution in [3.8, 4) is 11.5 Å². The van der Waals surface area contributed by atoms with Gasteiger partial charge in [-0.3, -0.25) is 4.79 Å². The Bertz CT molecular complexity index is 979. The maximum Gasteiger partial charge on any atom is 0.313 e. The van der Waals surface area contributed by atoms with Gasteiger partial charge in [0.15, 0.2) is 0 Å². The molecule has 0 amide bonds. The summed E-state index contributed by atoms with van der Waals surface area (Å²) in [6, 6.07) is 24.6. The minimum Gasteiger partial charge on any atom is -0.460 e. The molecule has 1 unspecified atom stereocenters. The predicted molar refractivity (Wildman–Crippen MR) is 122 cm³/mol. The van der Waals surface area contributed by atoms with E-state index >= 15 is 0 Å². The van der Waals surface area contributed by atoms with Crippen LogP contribution < -0.4 is 4.74 Å². The number of ether oxygens (including phenoxy) is 2. The van der Waals surface area contributed by atoms with E-state index in [9.17, 15) is 4.79 Å². The van der Waals surface area contributed by atoms with E-state index in [1.54, 1.807) is 0 Å². The second kappa shape index (κ2) is 10.7. The molecule has 1 atom stereocenters. The molecule has 0 spiro atoms. The topological polar surface area (TPSA) is 35.5 Å². The van der Waals surface area contributed by atoms with Gasteiger partial charge in [0, 0.05) is 5.02 Å². The van der Waals surface area contributed by atoms with Crippen LogP contribution in [0.3, 0.4) is 0 Å². The smallest absolute Gasteiger partial charge is 0.313 e. The van der Waals surface area contributed by atoms with Crippen LogP contribution in [0.25, 0.3) is 6.08 Å². The van der Waals surface area contributed by atoms with Crippen LogP contribution in [-0.2, 0) is 16.1 Å². The van der Waals surface area contributed by atoms with Crippen molar-refractivity contribution in [2.75, 3.05) is 0 Å². The Hall–Kier alpha value is -3.04. The summed E-state index contributed by atoms with van der Waals surface area (Å²) in [5.41, 5.74) is 1.87. The van der Waals surface area contributed by atoms with E-state index in [4.69, 9.17) is 21.1 Å². The number of para-hydroxylation sites is 1. The number of rotatable bonds is 8. The lowest BCUT2D eigenvalue weighted by molar-refractivity contribution is -0.149. The van der Waals surface area contributed by atoms with Crippen LogP contribution in [-0.4, -0.2) is 5.97 Å². The second-order valence-electron chi connectivity index (χ2n) is 7.35. The largest absolute Gasteiger partial charge is 0.460 e. The molecule has 3 aromatic carbocycles. The predicted octanol–water partition coefficient (Wildman–Crippen LogP) is 7.16. The number of carbonyl (C=O) groups is 1. The average Bonchev–Trinajstić information content (AvgIpc) is 2.74. The number of hydrogen-bond acceptors (Lipinski definition) is 3. The average molecular weight is 421 g/mol. The molecule has 0 aliphatic heterocycles. The van der Waals surface area contributed by atoms with Crippen LogP contribution in [0.1, 0.15) is 25.0 Å². The van der Waals surface area contributed by atoms with E-state index in [2.05, 4.69) is 0 Å². The fourth-order valence-electron chi connectivity index (χ4n) is 2.94. The third-order valence-corrected chi connectivity index (χ3v) is 4.87. The van der Waals surface area contributed by atoms with Gasteiger partial charge in [-0.25, -0.2) is 0 Å². The number of esters is 1. The first kappa shape index (κ1) is 21.7. The standard InChI is InChI=1S/C26H25ClO3/c1-19(2)25(16-13-20-11-14-22(27)15-12-20)26(28)29-18-21-7-6-10-24(17-21)30-23-8-4-3-5-9-23/h3-17,19,25H,18H2,1-2H3/b16-13+. The minimum absolute atomic E-state index is 0.119. The van der Waals surface area contributed by atoms with Crippen LogP contribution in [0.4, 0.5) is 0 Å². The molecule has 0 saturated carbocycles. The van der Waals surface area contributed by atoms with E-state index in [0.717, 1.165) is 16.9 Å². The summed E-state index contributed by atoms with van der Waals surface area (Å²) >= 11 is 5.92. The molecule has 0 bridgehead atoms. The third-order valence-electron chi connectivity index (χ3n) is 4.61. The molecule has 3 rings (SSSR count). The Morgan fingerprint density at radius 2 is 1.63 bits per heavy atom. The number of halogens is 1. The lowest BCUT2D eigenvalue weighted by Crippen LogP contribution is -2.20. The summed E-state index contributed by atoms with van der Waals surface area (Å²) in [6.45, 7) is 4.21. The Labute approximate surface area is 182 Å². The fraction of sp³-hybridized carbons (Fsp3) is 0.192. The quantitative estimate of drug-likeness (QED) is 0.362. The van der Waals surface area contributed by atoms with Crippen molar-refractivity contribution in [3.05, 3.63) is 101 Å². The first-order valence-corrected chi connectivity index (χ1v) is 10.3. The molecule has 0 saturated heterocycles. The molecule has 30 heavy (non-hydrogen) atoms. The van der Waals surface area contributed by atoms with Crippen molar-refractivity contribution in [2.45, 2.75) is 20.5 Å². The summed E-state index contributed by atoms with van der Waals surface area (Å²) in [4.78, 5) is 12.7. The summed E-state index contributed by atoms with van der Waals surface area (Å²) in [6.07, 6.45) is 3.82. The number of benzene rings is 3. The first-order valence-electron chi connectivity index (χ1n) is 9.93. The van der Waals surface area contributed by atoms with E-state index in [1.807, 2.05) is 105 Å². The van der Waals surface area contributed by atoms with Gasteiger partial charge in [0.25, 0.3) is 0 Å². The van der Waals surface area contributed by atoms with E-state index in [-0.39, 0.29) is 24.4 Å². The van der Waals surface area contributed by atoms with Crippen molar-refractivity contribution in [2.24, 2.45) is 11.8 Å². The lowest BCUT2D eigenvalue weighted by atomic mass is 9.95. The van der Waals surface area contributed by atoms with Gasteiger partial charge < -0.3 is 9.47 Å². The van der Waals surface area contributed by atoms with Crippen LogP contribution >= 0.6 is 11.6 Å². The number of hydrogen-bond donors (Lipinski definition) is 0. The van der Waals surface area contributed by atoms with Crippen molar-refractivity contribution >= 4 is 23.6 Å². The number of carbonyl (C=O) groups excluding carboxylic acids is 1. The summed E-state index contributed by atoms with van der Waals surface area (Å²) in [7, 11) is 0. The first-order chi connectivity index (χ1) is 14.5. The Balaban J connectivity index is 1.61. The van der Waals surface area contributed by atoms with Crippen molar-refractivity contribution < 1.29 is 14.3 Å². The molecule has 0 fully saturated rings. The zero-order chi connectivity index (χ0) is 21.3. The molecule has 3 nitrogen and oxygen atoms in total. The molecule has 3 aromatic rings. The van der Waals surface area contributed by atoms with E-state index in [0.29, 0.717) is 10.8 Å². The van der Waals surface area contributed by atoms with E-state index < -0.39 is 0 Å². The van der Waals surface area contributed by atoms with Gasteiger partial charge in [0.1, 0.15) is 18.1 Å². The zero-order valence-electron chi connectivity index (χ0n) is 17.1. The van der Waals surface area contributed by atoms with Gasteiger partial charge >= 0.3 is 5.97 Å². The summed E-state index contributed by atoms with van der Waals surface area (Å²) in [5.74, 6) is 1.01. The van der Waals surface area contributed by atoms with E-state index in [1.165, 1.54) is 0 Å². The maximum atomic E-state index is 12.7. The molecular weight excluding hydrogens is 396 g/mol. The summed E-state index contributed by atoms with van der Waals surface area (Å²) in [5, 5.41) is 0.686. The van der Waals surface area contributed by atoms with Crippen LogP contribution in [0.15, 0.2) is 84.9 Å². The minimum atomic E-state index is -0.329. The van der Waals surface area contributed by atoms with Gasteiger partial charge in [0.05, 0.1) is 5.92 Å². The molecule has 0 aliphatic carbocycles. The zero-order valence-corrected chi connectivity index (χ0v) is 17.9. The summed E-state index contributed by atoms with van der Waals surface area (Å²) < 4.78 is 11.4. The highest BCUT2D eigenvalue weighted by Crippen LogP contribution is 2.23. The Kier molecular flexibility index (Phi) is 7.69. The molecule has 0 aliphatic rings. The van der Waals surface area contributed by atoms with Crippen LogP contribution in [0.5, 0.6) is 11.5 Å². The highest BCUT2D eigenvalue weighted by atomic mass is 35.5. The maximum absolute atomic E-state index is 12.7. The molecule has 0 heterocycles. The second-order valence-corrected chi connectivity index (χ2v) is 7.79.